The van der Waals surface area contributed by atoms with Gasteiger partial charge in [0.05, 0.1) is 23.8 Å². The molecule has 3 N–H and O–H groups in total. The van der Waals surface area contributed by atoms with Crippen LogP contribution >= 0.6 is 0 Å². The third-order valence-electron chi connectivity index (χ3n) is 4.86. The molecule has 4 rings (SSSR count). The van der Waals surface area contributed by atoms with Gasteiger partial charge in [-0.2, -0.15) is 4.98 Å². The van der Waals surface area contributed by atoms with E-state index in [2.05, 4.69) is 25.3 Å². The van der Waals surface area contributed by atoms with Crippen molar-refractivity contribution in [3.63, 3.8) is 0 Å². The Morgan fingerprint density at radius 3 is 2.50 bits per heavy atom. The van der Waals surface area contributed by atoms with E-state index in [9.17, 15) is 8.42 Å². The molecule has 1 aliphatic heterocycles. The lowest BCUT2D eigenvalue weighted by Gasteiger charge is -2.27. The van der Waals surface area contributed by atoms with E-state index >= 15 is 0 Å². The minimum Gasteiger partial charge on any atom is -0.378 e. The topological polar surface area (TPSA) is 139 Å². The molecule has 168 valence electrons. The maximum atomic E-state index is 12.5. The van der Waals surface area contributed by atoms with E-state index in [-0.39, 0.29) is 10.8 Å². The van der Waals surface area contributed by atoms with Gasteiger partial charge in [0.25, 0.3) is 0 Å². The number of sulfonamides is 1. The molecule has 3 heterocycles. The van der Waals surface area contributed by atoms with Gasteiger partial charge in [-0.05, 0) is 18.2 Å². The maximum Gasteiger partial charge on any atom is 0.242 e. The standard InChI is InChI=1S/C20H24N8O3S/c1-27(2)32(29,30)16-5-3-4-15(10-16)24-18-11-17(14-12-22-19(21)23-13-14)25-20(26-18)28-6-8-31-9-7-28/h3-5,10-13H,6-9H2,1-2H3,(H2,21,22,23)(H,24,25,26). The van der Waals surface area contributed by atoms with E-state index in [1.807, 2.05) is 4.90 Å². The normalized spacial score (nSPS) is 14.5. The van der Waals surface area contributed by atoms with Gasteiger partial charge < -0.3 is 20.7 Å². The van der Waals surface area contributed by atoms with Crippen LogP contribution in [0.5, 0.6) is 0 Å². The molecule has 1 aromatic carbocycles. The van der Waals surface area contributed by atoms with Crippen LogP contribution in [0.1, 0.15) is 0 Å². The third-order valence-corrected chi connectivity index (χ3v) is 6.67. The molecule has 1 aliphatic rings. The summed E-state index contributed by atoms with van der Waals surface area (Å²) < 4.78 is 31.6. The first-order valence-corrected chi connectivity index (χ1v) is 11.4. The van der Waals surface area contributed by atoms with Crippen molar-refractivity contribution in [3.05, 3.63) is 42.7 Å². The fourth-order valence-corrected chi connectivity index (χ4v) is 4.06. The highest BCUT2D eigenvalue weighted by Crippen LogP contribution is 2.26. The molecular formula is C20H24N8O3S. The van der Waals surface area contributed by atoms with Crippen molar-refractivity contribution in [2.45, 2.75) is 4.90 Å². The van der Waals surface area contributed by atoms with Crippen LogP contribution in [0, 0.1) is 0 Å². The second-order valence-electron chi connectivity index (χ2n) is 7.31. The number of nitrogens with two attached hydrogens (primary N) is 1. The lowest BCUT2D eigenvalue weighted by Crippen LogP contribution is -2.37. The van der Waals surface area contributed by atoms with Crippen molar-refractivity contribution in [1.82, 2.24) is 24.2 Å². The zero-order chi connectivity index (χ0) is 22.7. The number of ether oxygens (including phenoxy) is 1. The van der Waals surface area contributed by atoms with E-state index in [0.717, 1.165) is 0 Å². The minimum absolute atomic E-state index is 0.175. The molecule has 0 spiro atoms. The Morgan fingerprint density at radius 1 is 1.09 bits per heavy atom. The summed E-state index contributed by atoms with van der Waals surface area (Å²) in [6.07, 6.45) is 3.20. The van der Waals surface area contributed by atoms with Crippen LogP contribution in [-0.2, 0) is 14.8 Å². The third kappa shape index (κ3) is 4.77. The summed E-state index contributed by atoms with van der Waals surface area (Å²) in [5.74, 6) is 1.21. The average Bonchev–Trinajstić information content (AvgIpc) is 2.80. The summed E-state index contributed by atoms with van der Waals surface area (Å²) in [7, 11) is -0.571. The van der Waals surface area contributed by atoms with E-state index in [4.69, 9.17) is 10.5 Å². The van der Waals surface area contributed by atoms with Crippen molar-refractivity contribution in [2.75, 3.05) is 56.3 Å². The molecule has 11 nitrogen and oxygen atoms in total. The number of nitrogens with one attached hydrogen (secondary N) is 1. The molecular weight excluding hydrogens is 432 g/mol. The van der Waals surface area contributed by atoms with Crippen LogP contribution < -0.4 is 16.0 Å². The number of nitrogen functional groups attached to an aromatic ring is 1. The smallest absolute Gasteiger partial charge is 0.242 e. The lowest BCUT2D eigenvalue weighted by molar-refractivity contribution is 0.122. The SMILES string of the molecule is CN(C)S(=O)(=O)c1cccc(Nc2cc(-c3cnc(N)nc3)nc(N3CCOCC3)n2)c1. The van der Waals surface area contributed by atoms with Crippen molar-refractivity contribution < 1.29 is 13.2 Å². The van der Waals surface area contributed by atoms with Gasteiger partial charge in [0.15, 0.2) is 0 Å². The van der Waals surface area contributed by atoms with E-state index < -0.39 is 10.0 Å². The number of hydrogen-bond donors (Lipinski definition) is 2. The fraction of sp³-hybridized carbons (Fsp3) is 0.300. The molecule has 0 amide bonds. The molecule has 1 fully saturated rings. The molecule has 0 radical (unpaired) electrons. The first-order chi connectivity index (χ1) is 15.3. The van der Waals surface area contributed by atoms with Gasteiger partial charge in [-0.25, -0.2) is 27.7 Å². The van der Waals surface area contributed by atoms with Crippen LogP contribution in [-0.4, -0.2) is 73.1 Å². The number of anilines is 4. The van der Waals surface area contributed by atoms with Crippen molar-refractivity contribution in [2.24, 2.45) is 0 Å². The summed E-state index contributed by atoms with van der Waals surface area (Å²) in [6.45, 7) is 2.51. The number of nitrogens with zero attached hydrogens (tertiary/aromatic N) is 6. The number of morpholine rings is 1. The monoisotopic (exact) mass is 456 g/mol. The maximum absolute atomic E-state index is 12.5. The zero-order valence-electron chi connectivity index (χ0n) is 17.8. The summed E-state index contributed by atoms with van der Waals surface area (Å²) in [5, 5.41) is 3.20. The molecule has 32 heavy (non-hydrogen) atoms. The zero-order valence-corrected chi connectivity index (χ0v) is 18.6. The van der Waals surface area contributed by atoms with Gasteiger partial charge in [-0.1, -0.05) is 6.07 Å². The van der Waals surface area contributed by atoms with E-state index in [0.29, 0.717) is 55.0 Å². The van der Waals surface area contributed by atoms with Crippen LogP contribution in [0.25, 0.3) is 11.3 Å². The van der Waals surface area contributed by atoms with Gasteiger partial charge in [0.2, 0.25) is 21.9 Å². The van der Waals surface area contributed by atoms with Crippen LogP contribution in [0.2, 0.25) is 0 Å². The van der Waals surface area contributed by atoms with E-state index in [1.165, 1.54) is 18.4 Å². The predicted octanol–water partition coefficient (Wildman–Crippen LogP) is 1.35. The quantitative estimate of drug-likeness (QED) is 0.558. The highest BCUT2D eigenvalue weighted by atomic mass is 32.2. The van der Waals surface area contributed by atoms with Crippen LogP contribution in [0.4, 0.5) is 23.4 Å². The summed E-state index contributed by atoms with van der Waals surface area (Å²) in [6, 6.07) is 8.33. The Balaban J connectivity index is 1.71. The number of rotatable bonds is 6. The number of aromatic nitrogens is 4. The first kappa shape index (κ1) is 21.9. The highest BCUT2D eigenvalue weighted by Gasteiger charge is 2.19. The Hall–Kier alpha value is -3.35. The molecule has 0 atom stereocenters. The molecule has 0 aliphatic carbocycles. The Bertz CT molecular complexity index is 1200. The van der Waals surface area contributed by atoms with Crippen LogP contribution in [0.15, 0.2) is 47.6 Å². The predicted molar refractivity (Wildman–Crippen MR) is 121 cm³/mol. The van der Waals surface area contributed by atoms with Crippen molar-refractivity contribution in [1.29, 1.82) is 0 Å². The summed E-state index contributed by atoms with van der Waals surface area (Å²) >= 11 is 0. The molecule has 0 saturated carbocycles. The molecule has 0 unspecified atom stereocenters. The molecule has 12 heteroatoms. The second kappa shape index (κ2) is 9.02. The fourth-order valence-electron chi connectivity index (χ4n) is 3.11. The molecule has 2 aromatic heterocycles. The number of hydrogen-bond acceptors (Lipinski definition) is 10. The Labute approximate surface area is 186 Å². The Morgan fingerprint density at radius 2 is 1.81 bits per heavy atom. The van der Waals surface area contributed by atoms with Gasteiger partial charge in [-0.15, -0.1) is 0 Å². The van der Waals surface area contributed by atoms with Gasteiger partial charge >= 0.3 is 0 Å². The largest absolute Gasteiger partial charge is 0.378 e. The number of benzene rings is 1. The van der Waals surface area contributed by atoms with Crippen molar-refractivity contribution in [3.8, 4) is 11.3 Å². The first-order valence-electron chi connectivity index (χ1n) is 9.92. The van der Waals surface area contributed by atoms with Crippen molar-refractivity contribution >= 4 is 33.4 Å². The average molecular weight is 457 g/mol. The molecule has 1 saturated heterocycles. The molecule has 3 aromatic rings. The summed E-state index contributed by atoms with van der Waals surface area (Å²) in [5.41, 5.74) is 7.49. The molecule has 0 bridgehead atoms. The minimum atomic E-state index is -3.56. The van der Waals surface area contributed by atoms with Crippen LogP contribution in [0.3, 0.4) is 0 Å². The van der Waals surface area contributed by atoms with Gasteiger partial charge in [-0.3, -0.25) is 0 Å². The van der Waals surface area contributed by atoms with Gasteiger partial charge in [0, 0.05) is 56.9 Å². The Kier molecular flexibility index (Phi) is 6.17. The summed E-state index contributed by atoms with van der Waals surface area (Å²) in [4.78, 5) is 19.6. The second-order valence-corrected chi connectivity index (χ2v) is 9.46. The lowest BCUT2D eigenvalue weighted by atomic mass is 10.2. The van der Waals surface area contributed by atoms with Gasteiger partial charge in [0.1, 0.15) is 5.82 Å². The highest BCUT2D eigenvalue weighted by molar-refractivity contribution is 7.89. The van der Waals surface area contributed by atoms with E-state index in [1.54, 1.807) is 42.7 Å².